The maximum Gasteiger partial charge on any atom is 0.414 e. The van der Waals surface area contributed by atoms with Crippen molar-refractivity contribution in [2.24, 2.45) is 0 Å². The number of imide groups is 1. The number of anilines is 1. The standard InChI is InChI=1S/C18H15N3O4S/c1-2-25-18(24)21-16(23)13-7-8-26-17(13)20-15(22)12-9-11-5-3-4-6-14(11)19-10-12/h3-10H,2H2,1H3,(H,20,22)(H,21,23,24). The maximum absolute atomic E-state index is 12.5. The molecule has 2 aromatic heterocycles. The van der Waals surface area contributed by atoms with Crippen LogP contribution >= 0.6 is 11.3 Å². The second-order valence-electron chi connectivity index (χ2n) is 5.21. The number of benzene rings is 1. The van der Waals surface area contributed by atoms with E-state index >= 15 is 0 Å². The van der Waals surface area contributed by atoms with Crippen LogP contribution in [0, 0.1) is 0 Å². The van der Waals surface area contributed by atoms with Gasteiger partial charge in [0.1, 0.15) is 5.00 Å². The zero-order valence-corrected chi connectivity index (χ0v) is 14.6. The van der Waals surface area contributed by atoms with Gasteiger partial charge in [0.15, 0.2) is 0 Å². The molecule has 0 unspecified atom stereocenters. The van der Waals surface area contributed by atoms with Crippen molar-refractivity contribution in [2.45, 2.75) is 6.92 Å². The van der Waals surface area contributed by atoms with Crippen molar-refractivity contribution in [1.82, 2.24) is 10.3 Å². The van der Waals surface area contributed by atoms with E-state index in [4.69, 9.17) is 0 Å². The van der Waals surface area contributed by atoms with E-state index in [1.807, 2.05) is 24.3 Å². The van der Waals surface area contributed by atoms with Crippen molar-refractivity contribution < 1.29 is 19.1 Å². The Labute approximate surface area is 153 Å². The summed E-state index contributed by atoms with van der Waals surface area (Å²) in [7, 11) is 0. The van der Waals surface area contributed by atoms with Crippen LogP contribution in [0.1, 0.15) is 27.6 Å². The number of nitrogens with one attached hydrogen (secondary N) is 2. The molecule has 1 aromatic carbocycles. The molecule has 3 rings (SSSR count). The minimum absolute atomic E-state index is 0.154. The first-order valence-corrected chi connectivity index (χ1v) is 8.68. The van der Waals surface area contributed by atoms with E-state index in [1.54, 1.807) is 18.4 Å². The van der Waals surface area contributed by atoms with Gasteiger partial charge in [0.2, 0.25) is 0 Å². The first-order chi connectivity index (χ1) is 12.6. The minimum atomic E-state index is -0.834. The quantitative estimate of drug-likeness (QED) is 0.734. The highest BCUT2D eigenvalue weighted by atomic mass is 32.1. The second-order valence-corrected chi connectivity index (χ2v) is 6.12. The summed E-state index contributed by atoms with van der Waals surface area (Å²) in [6.07, 6.45) is 0.642. The number of alkyl carbamates (subject to hydrolysis) is 1. The molecule has 0 atom stereocenters. The van der Waals surface area contributed by atoms with Gasteiger partial charge in [0, 0.05) is 11.6 Å². The molecule has 0 saturated carbocycles. The lowest BCUT2D eigenvalue weighted by Gasteiger charge is -2.07. The predicted octanol–water partition coefficient (Wildman–Crippen LogP) is 3.43. The average molecular weight is 369 g/mol. The minimum Gasteiger partial charge on any atom is -0.450 e. The molecule has 2 heterocycles. The van der Waals surface area contributed by atoms with Gasteiger partial charge < -0.3 is 10.1 Å². The Morgan fingerprint density at radius 1 is 1.15 bits per heavy atom. The van der Waals surface area contributed by atoms with Gasteiger partial charge in [-0.1, -0.05) is 18.2 Å². The SMILES string of the molecule is CCOC(=O)NC(=O)c1ccsc1NC(=O)c1cnc2ccccc2c1. The van der Waals surface area contributed by atoms with Gasteiger partial charge in [0.05, 0.1) is 23.3 Å². The number of carbonyl (C=O) groups is 3. The Morgan fingerprint density at radius 3 is 2.77 bits per heavy atom. The second kappa shape index (κ2) is 7.75. The third-order valence-electron chi connectivity index (χ3n) is 3.48. The first-order valence-electron chi connectivity index (χ1n) is 7.80. The molecule has 132 valence electrons. The number of rotatable bonds is 4. The van der Waals surface area contributed by atoms with Crippen molar-refractivity contribution in [2.75, 3.05) is 11.9 Å². The number of amides is 3. The molecule has 0 saturated heterocycles. The average Bonchev–Trinajstić information content (AvgIpc) is 3.09. The number of para-hydroxylation sites is 1. The van der Waals surface area contributed by atoms with E-state index in [9.17, 15) is 14.4 Å². The number of carbonyl (C=O) groups excluding carboxylic acids is 3. The predicted molar refractivity (Wildman–Crippen MR) is 98.5 cm³/mol. The highest BCUT2D eigenvalue weighted by molar-refractivity contribution is 7.14. The molecule has 3 aromatic rings. The van der Waals surface area contributed by atoms with E-state index < -0.39 is 17.9 Å². The van der Waals surface area contributed by atoms with Crippen LogP contribution in [0.25, 0.3) is 10.9 Å². The zero-order valence-electron chi connectivity index (χ0n) is 13.8. The summed E-state index contributed by atoms with van der Waals surface area (Å²) in [5, 5.41) is 7.61. The lowest BCUT2D eigenvalue weighted by atomic mass is 10.1. The monoisotopic (exact) mass is 369 g/mol. The highest BCUT2D eigenvalue weighted by Crippen LogP contribution is 2.24. The summed E-state index contributed by atoms with van der Waals surface area (Å²) >= 11 is 1.18. The van der Waals surface area contributed by atoms with Gasteiger partial charge in [-0.15, -0.1) is 11.3 Å². The summed E-state index contributed by atoms with van der Waals surface area (Å²) in [6, 6.07) is 10.7. The van der Waals surface area contributed by atoms with Crippen LogP contribution in [0.15, 0.2) is 48.0 Å². The molecule has 7 nitrogen and oxygen atoms in total. The number of nitrogens with zero attached hydrogens (tertiary/aromatic N) is 1. The third kappa shape index (κ3) is 3.86. The number of aromatic nitrogens is 1. The van der Waals surface area contributed by atoms with Crippen molar-refractivity contribution in [3.05, 3.63) is 59.1 Å². The topological polar surface area (TPSA) is 97.4 Å². The molecule has 0 spiro atoms. The summed E-state index contributed by atoms with van der Waals surface area (Å²) in [4.78, 5) is 40.3. The molecule has 2 N–H and O–H groups in total. The summed E-state index contributed by atoms with van der Waals surface area (Å²) < 4.78 is 4.68. The maximum atomic E-state index is 12.5. The molecule has 0 radical (unpaired) electrons. The largest absolute Gasteiger partial charge is 0.450 e. The third-order valence-corrected chi connectivity index (χ3v) is 4.31. The molecular weight excluding hydrogens is 354 g/mol. The highest BCUT2D eigenvalue weighted by Gasteiger charge is 2.18. The van der Waals surface area contributed by atoms with Crippen LogP contribution in [-0.4, -0.2) is 29.5 Å². The van der Waals surface area contributed by atoms with Crippen molar-refractivity contribution in [1.29, 1.82) is 0 Å². The van der Waals surface area contributed by atoms with Crippen LogP contribution in [0.2, 0.25) is 0 Å². The fourth-order valence-corrected chi connectivity index (χ4v) is 3.06. The molecule has 0 aliphatic heterocycles. The molecule has 26 heavy (non-hydrogen) atoms. The van der Waals surface area contributed by atoms with Gasteiger partial charge in [-0.2, -0.15) is 0 Å². The molecule has 0 aliphatic carbocycles. The Morgan fingerprint density at radius 2 is 1.96 bits per heavy atom. The fourth-order valence-electron chi connectivity index (χ4n) is 2.28. The molecule has 0 fully saturated rings. The number of hydrogen-bond donors (Lipinski definition) is 2. The molecule has 8 heteroatoms. The molecular formula is C18H15N3O4S. The van der Waals surface area contributed by atoms with E-state index in [0.29, 0.717) is 10.6 Å². The van der Waals surface area contributed by atoms with E-state index in [2.05, 4.69) is 20.4 Å². The van der Waals surface area contributed by atoms with Crippen LogP contribution in [0.3, 0.4) is 0 Å². The van der Waals surface area contributed by atoms with Gasteiger partial charge in [-0.05, 0) is 30.5 Å². The lowest BCUT2D eigenvalue weighted by molar-refractivity contribution is 0.0926. The Kier molecular flexibility index (Phi) is 5.23. The van der Waals surface area contributed by atoms with E-state index in [-0.39, 0.29) is 12.2 Å². The van der Waals surface area contributed by atoms with Crippen molar-refractivity contribution in [3.8, 4) is 0 Å². The van der Waals surface area contributed by atoms with Crippen LogP contribution in [0.5, 0.6) is 0 Å². The first kappa shape index (κ1) is 17.6. The lowest BCUT2D eigenvalue weighted by Crippen LogP contribution is -2.31. The normalized spacial score (nSPS) is 10.3. The van der Waals surface area contributed by atoms with Gasteiger partial charge in [0.25, 0.3) is 11.8 Å². The van der Waals surface area contributed by atoms with Gasteiger partial charge in [-0.25, -0.2) is 4.79 Å². The van der Waals surface area contributed by atoms with E-state index in [1.165, 1.54) is 23.6 Å². The van der Waals surface area contributed by atoms with Gasteiger partial charge >= 0.3 is 6.09 Å². The smallest absolute Gasteiger partial charge is 0.414 e. The zero-order chi connectivity index (χ0) is 18.5. The van der Waals surface area contributed by atoms with Crippen LogP contribution in [-0.2, 0) is 4.74 Å². The van der Waals surface area contributed by atoms with Crippen molar-refractivity contribution >= 4 is 45.1 Å². The number of hydrogen-bond acceptors (Lipinski definition) is 6. The fraction of sp³-hybridized carbons (Fsp3) is 0.111. The number of fused-ring (bicyclic) bond motifs is 1. The van der Waals surface area contributed by atoms with Gasteiger partial charge in [-0.3, -0.25) is 19.9 Å². The Bertz CT molecular complexity index is 983. The summed E-state index contributed by atoms with van der Waals surface area (Å²) in [5.41, 5.74) is 1.34. The molecule has 3 amide bonds. The van der Waals surface area contributed by atoms with E-state index in [0.717, 1.165) is 10.9 Å². The number of ether oxygens (including phenoxy) is 1. The summed E-state index contributed by atoms with van der Waals surface area (Å²) in [6.45, 7) is 1.79. The number of thiophene rings is 1. The Balaban J connectivity index is 1.76. The van der Waals surface area contributed by atoms with Crippen LogP contribution in [0.4, 0.5) is 9.80 Å². The van der Waals surface area contributed by atoms with Crippen molar-refractivity contribution in [3.63, 3.8) is 0 Å². The number of pyridine rings is 1. The Hall–Kier alpha value is -3.26. The summed E-state index contributed by atoms with van der Waals surface area (Å²) in [5.74, 6) is -1.03. The molecule has 0 bridgehead atoms. The molecule has 0 aliphatic rings. The van der Waals surface area contributed by atoms with Crippen LogP contribution < -0.4 is 10.6 Å².